The number of pyridine rings is 1. The second-order valence-electron chi connectivity index (χ2n) is 5.24. The van der Waals surface area contributed by atoms with Crippen LogP contribution in [0.25, 0.3) is 10.9 Å². The Morgan fingerprint density at radius 2 is 1.79 bits per heavy atom. The van der Waals surface area contributed by atoms with Crippen molar-refractivity contribution in [2.24, 2.45) is 7.05 Å². The predicted molar refractivity (Wildman–Crippen MR) is 81.7 cm³/mol. The monoisotopic (exact) mass is 257 g/mol. The third kappa shape index (κ3) is 3.25. The Kier molecular flexibility index (Phi) is 4.78. The van der Waals surface area contributed by atoms with Crippen molar-refractivity contribution in [1.29, 1.82) is 0 Å². The van der Waals surface area contributed by atoms with Crippen molar-refractivity contribution in [2.75, 3.05) is 0 Å². The van der Waals surface area contributed by atoms with Gasteiger partial charge in [0, 0.05) is 24.2 Å². The van der Waals surface area contributed by atoms with Crippen LogP contribution in [0.1, 0.15) is 44.7 Å². The molecule has 2 aromatic rings. The number of hydrogen-bond donors (Lipinski definition) is 0. The lowest BCUT2D eigenvalue weighted by molar-refractivity contribution is 0.620. The van der Waals surface area contributed by atoms with Gasteiger partial charge in [0.25, 0.3) is 0 Å². The standard InChI is InChI=1S/C17H23NO/c1-3-4-5-6-7-10-14-13-17(19)15-11-8-9-12-16(15)18(14)2/h8-9,11-13H,3-7,10H2,1-2H3. The first-order valence-electron chi connectivity index (χ1n) is 7.31. The molecule has 0 N–H and O–H groups in total. The van der Waals surface area contributed by atoms with Crippen molar-refractivity contribution in [3.05, 3.63) is 46.2 Å². The first-order chi connectivity index (χ1) is 9.24. The van der Waals surface area contributed by atoms with Crippen molar-refractivity contribution < 1.29 is 0 Å². The molecule has 2 rings (SSSR count). The van der Waals surface area contributed by atoms with Crippen LogP contribution in [-0.4, -0.2) is 4.57 Å². The van der Waals surface area contributed by atoms with Crippen LogP contribution < -0.4 is 5.43 Å². The maximum absolute atomic E-state index is 12.1. The highest BCUT2D eigenvalue weighted by molar-refractivity contribution is 5.79. The number of benzene rings is 1. The third-order valence-electron chi connectivity index (χ3n) is 3.80. The van der Waals surface area contributed by atoms with Crippen LogP contribution in [0.3, 0.4) is 0 Å². The maximum Gasteiger partial charge on any atom is 0.189 e. The van der Waals surface area contributed by atoms with Gasteiger partial charge in [-0.05, 0) is 25.0 Å². The number of para-hydroxylation sites is 1. The normalized spacial score (nSPS) is 11.1. The Hall–Kier alpha value is -1.57. The summed E-state index contributed by atoms with van der Waals surface area (Å²) in [5.74, 6) is 0. The Morgan fingerprint density at radius 3 is 2.58 bits per heavy atom. The zero-order valence-corrected chi connectivity index (χ0v) is 12.0. The number of nitrogens with zero attached hydrogens (tertiary/aromatic N) is 1. The molecule has 2 heteroatoms. The van der Waals surface area contributed by atoms with E-state index in [0.717, 1.165) is 23.0 Å². The van der Waals surface area contributed by atoms with Crippen LogP contribution in [-0.2, 0) is 13.5 Å². The molecule has 102 valence electrons. The van der Waals surface area contributed by atoms with Crippen LogP contribution in [0.4, 0.5) is 0 Å². The summed E-state index contributed by atoms with van der Waals surface area (Å²) in [6, 6.07) is 9.66. The summed E-state index contributed by atoms with van der Waals surface area (Å²) in [7, 11) is 2.06. The number of aryl methyl sites for hydroxylation is 2. The van der Waals surface area contributed by atoms with Crippen molar-refractivity contribution in [2.45, 2.75) is 45.4 Å². The molecule has 0 atom stereocenters. The Morgan fingerprint density at radius 1 is 1.05 bits per heavy atom. The molecule has 0 saturated carbocycles. The molecular weight excluding hydrogens is 234 g/mol. The fourth-order valence-corrected chi connectivity index (χ4v) is 2.60. The maximum atomic E-state index is 12.1. The highest BCUT2D eigenvalue weighted by Crippen LogP contribution is 2.13. The number of rotatable bonds is 6. The molecule has 0 aliphatic rings. The van der Waals surface area contributed by atoms with Gasteiger partial charge in [0.05, 0.1) is 5.52 Å². The fourth-order valence-electron chi connectivity index (χ4n) is 2.60. The van der Waals surface area contributed by atoms with Gasteiger partial charge in [-0.25, -0.2) is 0 Å². The van der Waals surface area contributed by atoms with E-state index in [1.165, 1.54) is 32.1 Å². The predicted octanol–water partition coefficient (Wildman–Crippen LogP) is 4.05. The SMILES string of the molecule is CCCCCCCc1cc(=O)c2ccccc2n1C. The van der Waals surface area contributed by atoms with Gasteiger partial charge in [-0.3, -0.25) is 4.79 Å². The zero-order valence-electron chi connectivity index (χ0n) is 12.0. The zero-order chi connectivity index (χ0) is 13.7. The summed E-state index contributed by atoms with van der Waals surface area (Å²) in [5, 5.41) is 0.819. The Balaban J connectivity index is 2.15. The number of fused-ring (bicyclic) bond motifs is 1. The van der Waals surface area contributed by atoms with Crippen molar-refractivity contribution in [3.8, 4) is 0 Å². The lowest BCUT2D eigenvalue weighted by atomic mass is 10.1. The smallest absolute Gasteiger partial charge is 0.189 e. The van der Waals surface area contributed by atoms with Gasteiger partial charge >= 0.3 is 0 Å². The molecule has 1 heterocycles. The van der Waals surface area contributed by atoms with Crippen molar-refractivity contribution in [1.82, 2.24) is 4.57 Å². The molecule has 0 unspecified atom stereocenters. The third-order valence-corrected chi connectivity index (χ3v) is 3.80. The van der Waals surface area contributed by atoms with Crippen LogP contribution in [0.15, 0.2) is 35.1 Å². The van der Waals surface area contributed by atoms with E-state index < -0.39 is 0 Å². The molecule has 0 bridgehead atoms. The minimum Gasteiger partial charge on any atom is -0.347 e. The van der Waals surface area contributed by atoms with Gasteiger partial charge in [-0.2, -0.15) is 0 Å². The summed E-state index contributed by atoms with van der Waals surface area (Å²) >= 11 is 0. The Bertz CT molecular complexity index is 598. The average Bonchev–Trinajstić information content (AvgIpc) is 2.44. The van der Waals surface area contributed by atoms with E-state index in [1.807, 2.05) is 30.3 Å². The minimum atomic E-state index is 0.150. The molecule has 0 aliphatic carbocycles. The molecule has 2 nitrogen and oxygen atoms in total. The molecule has 0 fully saturated rings. The van der Waals surface area contributed by atoms with Gasteiger partial charge in [0.1, 0.15) is 0 Å². The number of unbranched alkanes of at least 4 members (excludes halogenated alkanes) is 4. The lowest BCUT2D eigenvalue weighted by Gasteiger charge is -2.12. The summed E-state index contributed by atoms with van der Waals surface area (Å²) in [6.07, 6.45) is 7.32. The van der Waals surface area contributed by atoms with Gasteiger partial charge in [0.15, 0.2) is 5.43 Å². The van der Waals surface area contributed by atoms with E-state index >= 15 is 0 Å². The number of hydrogen-bond acceptors (Lipinski definition) is 1. The summed E-state index contributed by atoms with van der Waals surface area (Å²) in [5.41, 5.74) is 2.34. The van der Waals surface area contributed by atoms with Crippen molar-refractivity contribution >= 4 is 10.9 Å². The van der Waals surface area contributed by atoms with Gasteiger partial charge in [-0.1, -0.05) is 44.7 Å². The highest BCUT2D eigenvalue weighted by atomic mass is 16.1. The lowest BCUT2D eigenvalue weighted by Crippen LogP contribution is -2.11. The van der Waals surface area contributed by atoms with E-state index in [-0.39, 0.29) is 5.43 Å². The molecule has 0 spiro atoms. The van der Waals surface area contributed by atoms with E-state index in [4.69, 9.17) is 0 Å². The van der Waals surface area contributed by atoms with Crippen molar-refractivity contribution in [3.63, 3.8) is 0 Å². The van der Waals surface area contributed by atoms with E-state index in [2.05, 4.69) is 18.5 Å². The second-order valence-corrected chi connectivity index (χ2v) is 5.24. The van der Waals surface area contributed by atoms with Gasteiger partial charge < -0.3 is 4.57 Å². The average molecular weight is 257 g/mol. The largest absolute Gasteiger partial charge is 0.347 e. The van der Waals surface area contributed by atoms with E-state index in [9.17, 15) is 4.79 Å². The van der Waals surface area contributed by atoms with Crippen LogP contribution in [0.2, 0.25) is 0 Å². The highest BCUT2D eigenvalue weighted by Gasteiger charge is 2.05. The van der Waals surface area contributed by atoms with Gasteiger partial charge in [-0.15, -0.1) is 0 Å². The number of aromatic nitrogens is 1. The van der Waals surface area contributed by atoms with E-state index in [0.29, 0.717) is 0 Å². The molecule has 0 amide bonds. The van der Waals surface area contributed by atoms with Crippen LogP contribution in [0, 0.1) is 0 Å². The van der Waals surface area contributed by atoms with E-state index in [1.54, 1.807) is 0 Å². The summed E-state index contributed by atoms with van der Waals surface area (Å²) in [6.45, 7) is 2.23. The first kappa shape index (κ1) is 13.9. The first-order valence-corrected chi connectivity index (χ1v) is 7.31. The molecule has 0 radical (unpaired) electrons. The Labute approximate surface area is 115 Å². The molecule has 19 heavy (non-hydrogen) atoms. The fraction of sp³-hybridized carbons (Fsp3) is 0.471. The molecule has 1 aromatic heterocycles. The summed E-state index contributed by atoms with van der Waals surface area (Å²) < 4.78 is 2.16. The van der Waals surface area contributed by atoms with Crippen LogP contribution >= 0.6 is 0 Å². The molecule has 0 aliphatic heterocycles. The molecular formula is C17H23NO. The quantitative estimate of drug-likeness (QED) is 0.715. The topological polar surface area (TPSA) is 22.0 Å². The second kappa shape index (κ2) is 6.55. The molecule has 0 saturated heterocycles. The summed E-state index contributed by atoms with van der Waals surface area (Å²) in [4.78, 5) is 12.1. The van der Waals surface area contributed by atoms with Gasteiger partial charge in [0.2, 0.25) is 0 Å². The minimum absolute atomic E-state index is 0.150. The van der Waals surface area contributed by atoms with Crippen LogP contribution in [0.5, 0.6) is 0 Å². The molecule has 1 aromatic carbocycles.